The van der Waals surface area contributed by atoms with Gasteiger partial charge in [-0.25, -0.2) is 4.98 Å². The predicted molar refractivity (Wildman–Crippen MR) is 64.2 cm³/mol. The lowest BCUT2D eigenvalue weighted by Crippen LogP contribution is -2.39. The lowest BCUT2D eigenvalue weighted by molar-refractivity contribution is -0.139. The number of carbonyl (C=O) groups excluding carboxylic acids is 1. The number of anilines is 1. The van der Waals surface area contributed by atoms with Crippen LogP contribution in [0.2, 0.25) is 0 Å². The molecule has 3 atom stereocenters. The van der Waals surface area contributed by atoms with Crippen LogP contribution >= 0.6 is 15.9 Å². The second-order valence-electron chi connectivity index (χ2n) is 4.37. The van der Waals surface area contributed by atoms with E-state index in [0.717, 1.165) is 4.47 Å². The molecule has 94 valence electrons. The van der Waals surface area contributed by atoms with Crippen molar-refractivity contribution in [1.29, 1.82) is 0 Å². The van der Waals surface area contributed by atoms with E-state index in [1.165, 1.54) is 0 Å². The maximum atomic E-state index is 11.8. The zero-order valence-electron chi connectivity index (χ0n) is 9.09. The number of rotatable bonds is 2. The average molecular weight is 313 g/mol. The van der Waals surface area contributed by atoms with Crippen molar-refractivity contribution in [1.82, 2.24) is 4.98 Å². The van der Waals surface area contributed by atoms with Crippen LogP contribution in [-0.4, -0.2) is 28.1 Å². The summed E-state index contributed by atoms with van der Waals surface area (Å²) in [7, 11) is 0. The van der Waals surface area contributed by atoms with Gasteiger partial charge in [0.15, 0.2) is 17.7 Å². The Labute approximate surface area is 110 Å². The minimum absolute atomic E-state index is 0.255. The smallest absolute Gasteiger partial charge is 0.306 e. The van der Waals surface area contributed by atoms with Crippen molar-refractivity contribution in [3.63, 3.8) is 0 Å². The molecule has 3 unspecified atom stereocenters. The van der Waals surface area contributed by atoms with Gasteiger partial charge in [-0.3, -0.25) is 9.59 Å². The molecule has 0 aromatic carbocycles. The first kappa shape index (κ1) is 11.5. The number of fused-ring (bicyclic) bond motifs is 1. The molecule has 2 aliphatic rings. The summed E-state index contributed by atoms with van der Waals surface area (Å²) in [5, 5.41) is 11.5. The molecule has 1 aliphatic heterocycles. The number of nitrogens with zero attached hydrogens (tertiary/aromatic N) is 1. The Morgan fingerprint density at radius 2 is 2.39 bits per heavy atom. The molecule has 18 heavy (non-hydrogen) atoms. The fraction of sp³-hybridized carbons (Fsp3) is 0.364. The lowest BCUT2D eigenvalue weighted by atomic mass is 10.1. The third kappa shape index (κ3) is 1.84. The Bertz CT molecular complexity index is 548. The molecule has 0 bridgehead atoms. The van der Waals surface area contributed by atoms with E-state index in [1.54, 1.807) is 12.3 Å². The number of carbonyl (C=O) groups is 2. The number of hydrogen-bond donors (Lipinski definition) is 2. The molecule has 2 N–H and O–H groups in total. The van der Waals surface area contributed by atoms with E-state index in [4.69, 9.17) is 9.84 Å². The van der Waals surface area contributed by atoms with Crippen molar-refractivity contribution in [3.05, 3.63) is 16.7 Å². The number of pyridine rings is 1. The molecule has 3 rings (SSSR count). The molecule has 1 aromatic heterocycles. The highest BCUT2D eigenvalue weighted by Crippen LogP contribution is 2.45. The highest BCUT2D eigenvalue weighted by Gasteiger charge is 2.53. The predicted octanol–water partition coefficient (Wildman–Crippen LogP) is 1.26. The summed E-state index contributed by atoms with van der Waals surface area (Å²) in [4.78, 5) is 26.6. The van der Waals surface area contributed by atoms with Crippen molar-refractivity contribution in [3.8, 4) is 5.75 Å². The normalized spacial score (nSPS) is 28.9. The van der Waals surface area contributed by atoms with Crippen LogP contribution in [0.5, 0.6) is 5.75 Å². The van der Waals surface area contributed by atoms with E-state index in [2.05, 4.69) is 26.2 Å². The van der Waals surface area contributed by atoms with E-state index in [0.29, 0.717) is 18.0 Å². The standard InChI is InChI=1S/C11H9BrN2O4/c12-4-1-7-9(13-3-4)14-10(15)8(18-7)5-2-6(5)11(16)17/h1,3,5-6,8H,2H2,(H,16,17)(H,13,14,15). The number of aromatic nitrogens is 1. The van der Waals surface area contributed by atoms with Crippen LogP contribution in [0.25, 0.3) is 0 Å². The summed E-state index contributed by atoms with van der Waals surface area (Å²) in [6.07, 6.45) is 1.29. The van der Waals surface area contributed by atoms with Crippen LogP contribution < -0.4 is 10.1 Å². The van der Waals surface area contributed by atoms with Gasteiger partial charge in [-0.05, 0) is 28.4 Å². The van der Waals surface area contributed by atoms with Gasteiger partial charge in [0, 0.05) is 16.6 Å². The maximum absolute atomic E-state index is 11.8. The Hall–Kier alpha value is -1.63. The first-order valence-electron chi connectivity index (χ1n) is 5.42. The van der Waals surface area contributed by atoms with Crippen LogP contribution in [-0.2, 0) is 9.59 Å². The van der Waals surface area contributed by atoms with Gasteiger partial charge in [-0.15, -0.1) is 0 Å². The fourth-order valence-corrected chi connectivity index (χ4v) is 2.41. The van der Waals surface area contributed by atoms with Gasteiger partial charge < -0.3 is 15.2 Å². The van der Waals surface area contributed by atoms with Crippen LogP contribution in [0, 0.1) is 11.8 Å². The molecule has 7 heteroatoms. The number of ether oxygens (including phenoxy) is 1. The number of halogens is 1. The van der Waals surface area contributed by atoms with E-state index < -0.39 is 18.0 Å². The van der Waals surface area contributed by atoms with Gasteiger partial charge in [0.05, 0.1) is 5.92 Å². The molecular weight excluding hydrogens is 304 g/mol. The Balaban J connectivity index is 1.84. The zero-order chi connectivity index (χ0) is 12.9. The molecule has 2 heterocycles. The molecular formula is C11H9BrN2O4. The fourth-order valence-electron chi connectivity index (χ4n) is 2.10. The van der Waals surface area contributed by atoms with Gasteiger partial charge in [-0.2, -0.15) is 0 Å². The highest BCUT2D eigenvalue weighted by atomic mass is 79.9. The van der Waals surface area contributed by atoms with Crippen molar-refractivity contribution in [2.45, 2.75) is 12.5 Å². The molecule has 1 aliphatic carbocycles. The van der Waals surface area contributed by atoms with E-state index in [1.807, 2.05) is 0 Å². The monoisotopic (exact) mass is 312 g/mol. The van der Waals surface area contributed by atoms with Gasteiger partial charge in [0.2, 0.25) is 0 Å². The van der Waals surface area contributed by atoms with Crippen LogP contribution in [0.4, 0.5) is 5.82 Å². The van der Waals surface area contributed by atoms with Gasteiger partial charge >= 0.3 is 5.97 Å². The minimum atomic E-state index is -0.880. The maximum Gasteiger partial charge on any atom is 0.306 e. The lowest BCUT2D eigenvalue weighted by Gasteiger charge is -2.25. The number of carboxylic acid groups (broad SMARTS) is 1. The highest BCUT2D eigenvalue weighted by molar-refractivity contribution is 9.10. The number of amides is 1. The number of nitrogens with one attached hydrogen (secondary N) is 1. The minimum Gasteiger partial charge on any atom is -0.481 e. The van der Waals surface area contributed by atoms with Gasteiger partial charge in [-0.1, -0.05) is 0 Å². The van der Waals surface area contributed by atoms with Crippen molar-refractivity contribution in [2.75, 3.05) is 5.32 Å². The van der Waals surface area contributed by atoms with E-state index >= 15 is 0 Å². The summed E-state index contributed by atoms with van der Waals surface area (Å²) < 4.78 is 6.30. The quantitative estimate of drug-likeness (QED) is 0.858. The van der Waals surface area contributed by atoms with Crippen LogP contribution in [0.15, 0.2) is 16.7 Å². The SMILES string of the molecule is O=C(O)C1CC1C1Oc2cc(Br)cnc2NC1=O. The van der Waals surface area contributed by atoms with E-state index in [9.17, 15) is 9.59 Å². The molecule has 1 aromatic rings. The summed E-state index contributed by atoms with van der Waals surface area (Å²) in [6, 6.07) is 1.70. The number of hydrogen-bond acceptors (Lipinski definition) is 4. The summed E-state index contributed by atoms with van der Waals surface area (Å²) >= 11 is 3.26. The third-order valence-electron chi connectivity index (χ3n) is 3.12. The van der Waals surface area contributed by atoms with Crippen molar-refractivity contribution < 1.29 is 19.4 Å². The molecule has 1 fully saturated rings. The zero-order valence-corrected chi connectivity index (χ0v) is 10.7. The van der Waals surface area contributed by atoms with Crippen molar-refractivity contribution >= 4 is 33.6 Å². The topological polar surface area (TPSA) is 88.5 Å². The van der Waals surface area contributed by atoms with Crippen molar-refractivity contribution in [2.24, 2.45) is 11.8 Å². The van der Waals surface area contributed by atoms with E-state index in [-0.39, 0.29) is 11.8 Å². The largest absolute Gasteiger partial charge is 0.481 e. The summed E-state index contributed by atoms with van der Waals surface area (Å²) in [6.45, 7) is 0. The molecule has 6 nitrogen and oxygen atoms in total. The van der Waals surface area contributed by atoms with Gasteiger partial charge in [0.1, 0.15) is 0 Å². The third-order valence-corrected chi connectivity index (χ3v) is 3.55. The summed E-state index contributed by atoms with van der Waals surface area (Å²) in [5.74, 6) is -1.12. The Morgan fingerprint density at radius 3 is 3.06 bits per heavy atom. The number of carboxylic acids is 1. The first-order valence-corrected chi connectivity index (χ1v) is 6.21. The summed E-state index contributed by atoms with van der Waals surface area (Å²) in [5.41, 5.74) is 0. The molecule has 0 radical (unpaired) electrons. The van der Waals surface area contributed by atoms with Crippen LogP contribution in [0.1, 0.15) is 6.42 Å². The Kier molecular flexibility index (Phi) is 2.51. The molecule has 1 amide bonds. The Morgan fingerprint density at radius 1 is 1.61 bits per heavy atom. The van der Waals surface area contributed by atoms with Crippen LogP contribution in [0.3, 0.4) is 0 Å². The first-order chi connectivity index (χ1) is 8.56. The molecule has 0 saturated heterocycles. The van der Waals surface area contributed by atoms with Gasteiger partial charge in [0.25, 0.3) is 5.91 Å². The molecule has 1 saturated carbocycles. The second kappa shape index (κ2) is 3.94. The number of aliphatic carboxylic acids is 1. The average Bonchev–Trinajstić information content (AvgIpc) is 3.09. The molecule has 0 spiro atoms. The second-order valence-corrected chi connectivity index (χ2v) is 5.29.